The topological polar surface area (TPSA) is 57.0 Å². The molecule has 5 heteroatoms. The molecule has 0 amide bonds. The van der Waals surface area contributed by atoms with E-state index in [1.54, 1.807) is 0 Å². The average Bonchev–Trinajstić information content (AvgIpc) is 3.41. The molecule has 4 aromatic rings. The van der Waals surface area contributed by atoms with E-state index in [2.05, 4.69) is 54.8 Å². The number of fused-ring (bicyclic) bond motifs is 2. The third-order valence-electron chi connectivity index (χ3n) is 6.14. The van der Waals surface area contributed by atoms with Crippen LogP contribution in [0.25, 0.3) is 21.9 Å². The Balaban J connectivity index is 1.44. The van der Waals surface area contributed by atoms with Crippen molar-refractivity contribution in [3.8, 4) is 0 Å². The third kappa shape index (κ3) is 3.79. The number of rotatable bonds is 5. The monoisotopic (exact) mass is 425 g/mol. The summed E-state index contributed by atoms with van der Waals surface area (Å²) < 4.78 is 7.83. The van der Waals surface area contributed by atoms with Crippen molar-refractivity contribution in [1.82, 2.24) is 14.5 Å². The lowest BCUT2D eigenvalue weighted by atomic mass is 10.0. The minimum Gasteiger partial charge on any atom is -0.458 e. The van der Waals surface area contributed by atoms with Crippen LogP contribution in [0.5, 0.6) is 0 Å². The highest BCUT2D eigenvalue weighted by Gasteiger charge is 2.17. The largest absolute Gasteiger partial charge is 0.458 e. The summed E-state index contributed by atoms with van der Waals surface area (Å²) in [7, 11) is 0. The van der Waals surface area contributed by atoms with Crippen LogP contribution in [-0.2, 0) is 17.7 Å². The number of imidazole rings is 1. The number of ether oxygens (including phenoxy) is 1. The highest BCUT2D eigenvalue weighted by atomic mass is 16.5. The van der Waals surface area contributed by atoms with Gasteiger partial charge in [0.05, 0.1) is 12.1 Å². The molecule has 0 N–H and O–H groups in total. The zero-order valence-electron chi connectivity index (χ0n) is 18.8. The fourth-order valence-electron chi connectivity index (χ4n) is 4.50. The van der Waals surface area contributed by atoms with Gasteiger partial charge in [-0.1, -0.05) is 37.3 Å². The number of aryl methyl sites for hydroxylation is 3. The van der Waals surface area contributed by atoms with Crippen LogP contribution < -0.4 is 0 Å². The van der Waals surface area contributed by atoms with E-state index in [1.807, 2.05) is 25.1 Å². The van der Waals surface area contributed by atoms with E-state index >= 15 is 0 Å². The Morgan fingerprint density at radius 3 is 2.56 bits per heavy atom. The summed E-state index contributed by atoms with van der Waals surface area (Å²) in [5.74, 6) is 0.791. The molecule has 0 saturated carbocycles. The summed E-state index contributed by atoms with van der Waals surface area (Å²) in [5.41, 5.74) is 5.87. The molecule has 1 aliphatic rings. The van der Waals surface area contributed by atoms with Crippen LogP contribution in [0, 0.1) is 13.8 Å². The van der Waals surface area contributed by atoms with E-state index in [4.69, 9.17) is 14.7 Å². The molecule has 0 atom stereocenters. The molecule has 5 rings (SSSR count). The van der Waals surface area contributed by atoms with Crippen LogP contribution in [0.3, 0.4) is 0 Å². The van der Waals surface area contributed by atoms with Gasteiger partial charge in [-0.3, -0.25) is 0 Å². The summed E-state index contributed by atoms with van der Waals surface area (Å²) in [6, 6.07) is 14.2. The lowest BCUT2D eigenvalue weighted by molar-refractivity contribution is 0.0330. The minimum atomic E-state index is -0.251. The first kappa shape index (κ1) is 20.4. The molecule has 0 spiro atoms. The highest BCUT2D eigenvalue weighted by Crippen LogP contribution is 2.24. The Kier molecular flexibility index (Phi) is 5.25. The van der Waals surface area contributed by atoms with Crippen molar-refractivity contribution >= 4 is 27.9 Å². The van der Waals surface area contributed by atoms with Crippen molar-refractivity contribution in [2.45, 2.75) is 52.7 Å². The fraction of sp³-hybridized carbons (Fsp3) is 0.296. The van der Waals surface area contributed by atoms with Crippen LogP contribution >= 0.6 is 0 Å². The Bertz CT molecular complexity index is 1360. The zero-order valence-corrected chi connectivity index (χ0v) is 18.8. The van der Waals surface area contributed by atoms with Crippen molar-refractivity contribution in [3.63, 3.8) is 0 Å². The molecule has 0 bridgehead atoms. The molecule has 0 unspecified atom stereocenters. The lowest BCUT2D eigenvalue weighted by Crippen LogP contribution is -2.15. The van der Waals surface area contributed by atoms with Crippen LogP contribution in [0.4, 0.5) is 0 Å². The molecule has 5 nitrogen and oxygen atoms in total. The SMILES string of the molecule is CCc1nc2c(C)cc(C)nc2n1Cc1ccc2cc(C(=O)OC3CC=CC3)ccc2c1. The van der Waals surface area contributed by atoms with Crippen LogP contribution in [0.15, 0.2) is 54.6 Å². The second-order valence-corrected chi connectivity index (χ2v) is 8.59. The average molecular weight is 426 g/mol. The van der Waals surface area contributed by atoms with Gasteiger partial charge < -0.3 is 9.30 Å². The maximum Gasteiger partial charge on any atom is 0.338 e. The van der Waals surface area contributed by atoms with Crippen LogP contribution in [0.2, 0.25) is 0 Å². The molecule has 0 fully saturated rings. The highest BCUT2D eigenvalue weighted by molar-refractivity contribution is 5.95. The Hall–Kier alpha value is -3.47. The lowest BCUT2D eigenvalue weighted by Gasteiger charge is -2.12. The number of benzene rings is 2. The molecule has 162 valence electrons. The fourth-order valence-corrected chi connectivity index (χ4v) is 4.50. The predicted molar refractivity (Wildman–Crippen MR) is 127 cm³/mol. The first-order valence-electron chi connectivity index (χ1n) is 11.2. The van der Waals surface area contributed by atoms with Gasteiger partial charge in [0, 0.05) is 25.0 Å². The van der Waals surface area contributed by atoms with Crippen molar-refractivity contribution in [1.29, 1.82) is 0 Å². The van der Waals surface area contributed by atoms with E-state index in [9.17, 15) is 4.79 Å². The second kappa shape index (κ2) is 8.23. The van der Waals surface area contributed by atoms with Gasteiger partial charge in [0.2, 0.25) is 0 Å². The van der Waals surface area contributed by atoms with Crippen molar-refractivity contribution in [2.75, 3.05) is 0 Å². The minimum absolute atomic E-state index is 0.0285. The van der Waals surface area contributed by atoms with E-state index < -0.39 is 0 Å². The normalized spacial score (nSPS) is 14.0. The van der Waals surface area contributed by atoms with Crippen molar-refractivity contribution < 1.29 is 9.53 Å². The molecular formula is C27H27N3O2. The number of esters is 1. The molecule has 2 heterocycles. The summed E-state index contributed by atoms with van der Waals surface area (Å²) in [6.45, 7) is 6.96. The van der Waals surface area contributed by atoms with Crippen molar-refractivity contribution in [3.05, 3.63) is 82.8 Å². The number of carbonyl (C=O) groups is 1. The molecule has 0 saturated heterocycles. The van der Waals surface area contributed by atoms with E-state index in [1.165, 1.54) is 5.56 Å². The smallest absolute Gasteiger partial charge is 0.338 e. The Morgan fingerprint density at radius 1 is 1.03 bits per heavy atom. The van der Waals surface area contributed by atoms with Gasteiger partial charge in [-0.2, -0.15) is 0 Å². The molecule has 32 heavy (non-hydrogen) atoms. The van der Waals surface area contributed by atoms with Crippen LogP contribution in [-0.4, -0.2) is 26.6 Å². The molecule has 0 aliphatic heterocycles. The zero-order chi connectivity index (χ0) is 22.2. The maximum atomic E-state index is 12.5. The number of pyridine rings is 1. The second-order valence-electron chi connectivity index (χ2n) is 8.59. The summed E-state index contributed by atoms with van der Waals surface area (Å²) in [6.07, 6.45) is 6.55. The first-order valence-corrected chi connectivity index (χ1v) is 11.2. The molecule has 0 radical (unpaired) electrons. The van der Waals surface area contributed by atoms with Gasteiger partial charge in [-0.15, -0.1) is 0 Å². The standard InChI is InChI=1S/C27H27N3O2/c1-4-24-29-25-17(2)13-18(3)28-26(25)30(24)16-19-9-10-21-15-22(12-11-20(21)14-19)27(31)32-23-7-5-6-8-23/h5-6,9-15,23H,4,7-8,16H2,1-3H3. The Morgan fingerprint density at radius 2 is 1.78 bits per heavy atom. The van der Waals surface area contributed by atoms with Gasteiger partial charge in [0.1, 0.15) is 17.4 Å². The predicted octanol–water partition coefficient (Wildman–Crippen LogP) is 5.69. The summed E-state index contributed by atoms with van der Waals surface area (Å²) >= 11 is 0. The van der Waals surface area contributed by atoms with E-state index in [0.717, 1.165) is 58.3 Å². The number of aromatic nitrogens is 3. The molecule has 2 aromatic heterocycles. The molecule has 2 aromatic carbocycles. The first-order chi connectivity index (χ1) is 15.5. The summed E-state index contributed by atoms with van der Waals surface area (Å²) in [5, 5.41) is 2.13. The number of hydrogen-bond acceptors (Lipinski definition) is 4. The van der Waals surface area contributed by atoms with Gasteiger partial charge >= 0.3 is 5.97 Å². The number of hydrogen-bond donors (Lipinski definition) is 0. The van der Waals surface area contributed by atoms with Crippen LogP contribution in [0.1, 0.15) is 52.8 Å². The van der Waals surface area contributed by atoms with Gasteiger partial charge in [0.15, 0.2) is 5.65 Å². The summed E-state index contributed by atoms with van der Waals surface area (Å²) in [4.78, 5) is 22.1. The van der Waals surface area contributed by atoms with Gasteiger partial charge in [-0.05, 0) is 60.0 Å². The van der Waals surface area contributed by atoms with Gasteiger partial charge in [0.25, 0.3) is 0 Å². The third-order valence-corrected chi connectivity index (χ3v) is 6.14. The van der Waals surface area contributed by atoms with E-state index in [-0.39, 0.29) is 12.1 Å². The van der Waals surface area contributed by atoms with Gasteiger partial charge in [-0.25, -0.2) is 14.8 Å². The number of carbonyl (C=O) groups excluding carboxylic acids is 1. The quantitative estimate of drug-likeness (QED) is 0.305. The van der Waals surface area contributed by atoms with Crippen molar-refractivity contribution in [2.24, 2.45) is 0 Å². The van der Waals surface area contributed by atoms with E-state index in [0.29, 0.717) is 12.1 Å². The Labute approximate surface area is 187 Å². The molecule has 1 aliphatic carbocycles. The number of nitrogens with zero attached hydrogens (tertiary/aromatic N) is 3. The maximum absolute atomic E-state index is 12.5. The molecular weight excluding hydrogens is 398 g/mol.